The lowest BCUT2D eigenvalue weighted by Gasteiger charge is -2.33. The van der Waals surface area contributed by atoms with Gasteiger partial charge in [-0.1, -0.05) is 29.0 Å². The Labute approximate surface area is 151 Å². The molecule has 132 valence electrons. The largest absolute Gasteiger partial charge is 0.462 e. The van der Waals surface area contributed by atoms with Gasteiger partial charge in [0.1, 0.15) is 18.0 Å². The van der Waals surface area contributed by atoms with Gasteiger partial charge >= 0.3 is 0 Å². The first-order valence-electron chi connectivity index (χ1n) is 7.35. The number of halogens is 3. The molecule has 1 aliphatic rings. The topological polar surface area (TPSA) is 77.6 Å². The highest BCUT2D eigenvalue weighted by molar-refractivity contribution is 7.17. The maximum absolute atomic E-state index is 14.4. The molecular weight excluding hydrogens is 372 g/mol. The van der Waals surface area contributed by atoms with Crippen LogP contribution in [0.4, 0.5) is 8.78 Å². The standard InChI is InChI=1S/C16H14ClF2N3O2S/c1-16(13(19)7-24-15(20)22-16)9-4-8(2-3-10(9)18)5-11(23)12-6-21-14(17)25-12/h2-4,6,13H,5,7H2,1H3,(H2,20,22)/t13-,16+/m0/s1. The Morgan fingerprint density at radius 2 is 2.32 bits per heavy atom. The lowest BCUT2D eigenvalue weighted by atomic mass is 9.85. The third-order valence-corrected chi connectivity index (χ3v) is 5.18. The van der Waals surface area contributed by atoms with E-state index in [0.717, 1.165) is 11.3 Å². The molecule has 5 nitrogen and oxygen atoms in total. The van der Waals surface area contributed by atoms with Crippen molar-refractivity contribution in [1.29, 1.82) is 0 Å². The highest BCUT2D eigenvalue weighted by atomic mass is 35.5. The summed E-state index contributed by atoms with van der Waals surface area (Å²) in [5.74, 6) is -0.834. The summed E-state index contributed by atoms with van der Waals surface area (Å²) in [7, 11) is 0. The number of nitrogens with zero attached hydrogens (tertiary/aromatic N) is 2. The fraction of sp³-hybridized carbons (Fsp3) is 0.312. The number of benzene rings is 1. The number of hydrogen-bond acceptors (Lipinski definition) is 6. The smallest absolute Gasteiger partial charge is 0.283 e. The minimum absolute atomic E-state index is 0.00846. The fourth-order valence-corrected chi connectivity index (χ4v) is 3.48. The number of aromatic nitrogens is 1. The quantitative estimate of drug-likeness (QED) is 0.819. The minimum Gasteiger partial charge on any atom is -0.462 e. The molecule has 25 heavy (non-hydrogen) atoms. The maximum Gasteiger partial charge on any atom is 0.283 e. The fourth-order valence-electron chi connectivity index (χ4n) is 2.61. The van der Waals surface area contributed by atoms with Gasteiger partial charge in [-0.05, 0) is 24.6 Å². The zero-order valence-corrected chi connectivity index (χ0v) is 14.7. The second-order valence-electron chi connectivity index (χ2n) is 5.77. The number of carbonyl (C=O) groups excluding carboxylic acids is 1. The van der Waals surface area contributed by atoms with E-state index in [0.29, 0.717) is 10.4 Å². The summed E-state index contributed by atoms with van der Waals surface area (Å²) in [4.78, 5) is 20.5. The van der Waals surface area contributed by atoms with Crippen LogP contribution in [0, 0.1) is 5.82 Å². The van der Waals surface area contributed by atoms with Crippen molar-refractivity contribution in [3.05, 3.63) is 50.7 Å². The van der Waals surface area contributed by atoms with Crippen LogP contribution < -0.4 is 5.73 Å². The molecule has 0 saturated carbocycles. The van der Waals surface area contributed by atoms with Crippen molar-refractivity contribution in [2.45, 2.75) is 25.1 Å². The van der Waals surface area contributed by atoms with Gasteiger partial charge in [-0.2, -0.15) is 0 Å². The van der Waals surface area contributed by atoms with Crippen molar-refractivity contribution < 1.29 is 18.3 Å². The number of alkyl halides is 1. The highest BCUT2D eigenvalue weighted by Gasteiger charge is 2.42. The Morgan fingerprint density at radius 1 is 1.56 bits per heavy atom. The van der Waals surface area contributed by atoms with E-state index in [-0.39, 0.29) is 34.9 Å². The van der Waals surface area contributed by atoms with Crippen molar-refractivity contribution in [1.82, 2.24) is 4.98 Å². The third kappa shape index (κ3) is 3.50. The zero-order valence-electron chi connectivity index (χ0n) is 13.1. The summed E-state index contributed by atoms with van der Waals surface area (Å²) >= 11 is 6.79. The molecule has 1 aromatic heterocycles. The van der Waals surface area contributed by atoms with Crippen LogP contribution in [0.3, 0.4) is 0 Å². The van der Waals surface area contributed by atoms with E-state index >= 15 is 0 Å². The van der Waals surface area contributed by atoms with Crippen LogP contribution in [0.25, 0.3) is 0 Å². The van der Waals surface area contributed by atoms with Gasteiger partial charge in [-0.15, -0.1) is 0 Å². The van der Waals surface area contributed by atoms with Gasteiger partial charge in [0, 0.05) is 12.0 Å². The van der Waals surface area contributed by atoms with Crippen molar-refractivity contribution in [3.63, 3.8) is 0 Å². The number of ether oxygens (including phenoxy) is 1. The molecule has 0 fully saturated rings. The number of Topliss-reactive ketones (excluding diaryl/α,β-unsaturated/α-hetero) is 1. The molecule has 1 aliphatic heterocycles. The number of thiazole rings is 1. The number of nitrogens with two attached hydrogens (primary N) is 1. The maximum atomic E-state index is 14.4. The van der Waals surface area contributed by atoms with Crippen LogP contribution >= 0.6 is 22.9 Å². The summed E-state index contributed by atoms with van der Waals surface area (Å²) in [6.45, 7) is 1.13. The zero-order chi connectivity index (χ0) is 18.2. The Bertz CT molecular complexity index is 858. The van der Waals surface area contributed by atoms with Gasteiger partial charge in [0.15, 0.2) is 16.4 Å². The first-order chi connectivity index (χ1) is 11.8. The highest BCUT2D eigenvalue weighted by Crippen LogP contribution is 2.36. The molecule has 0 unspecified atom stereocenters. The summed E-state index contributed by atoms with van der Waals surface area (Å²) < 4.78 is 33.9. The van der Waals surface area contributed by atoms with Gasteiger partial charge in [0.05, 0.1) is 11.1 Å². The molecule has 2 atom stereocenters. The number of ketones is 1. The Kier molecular flexibility index (Phi) is 4.75. The predicted octanol–water partition coefficient (Wildman–Crippen LogP) is 3.26. The second-order valence-corrected chi connectivity index (χ2v) is 7.38. The van der Waals surface area contributed by atoms with Crippen molar-refractivity contribution in [2.24, 2.45) is 10.7 Å². The van der Waals surface area contributed by atoms with Gasteiger partial charge < -0.3 is 10.5 Å². The second kappa shape index (κ2) is 6.68. The molecule has 0 spiro atoms. The SMILES string of the molecule is C[C@]1(c2cc(CC(=O)c3cnc(Cl)s3)ccc2F)N=C(N)OC[C@@H]1F. The lowest BCUT2D eigenvalue weighted by molar-refractivity contribution is 0.0922. The molecule has 0 radical (unpaired) electrons. The van der Waals surface area contributed by atoms with E-state index in [1.165, 1.54) is 31.3 Å². The molecule has 2 heterocycles. The molecule has 3 rings (SSSR count). The van der Waals surface area contributed by atoms with Crippen LogP contribution in [0.2, 0.25) is 4.47 Å². The number of carbonyl (C=O) groups is 1. The van der Waals surface area contributed by atoms with Gasteiger partial charge in [0.25, 0.3) is 6.02 Å². The third-order valence-electron chi connectivity index (χ3n) is 4.02. The van der Waals surface area contributed by atoms with E-state index in [4.69, 9.17) is 22.1 Å². The van der Waals surface area contributed by atoms with Crippen molar-refractivity contribution in [2.75, 3.05) is 6.61 Å². The minimum atomic E-state index is -1.57. The molecule has 2 aromatic rings. The van der Waals surface area contributed by atoms with Crippen molar-refractivity contribution in [3.8, 4) is 0 Å². The average Bonchev–Trinajstić information content (AvgIpc) is 2.99. The van der Waals surface area contributed by atoms with E-state index in [1.807, 2.05) is 0 Å². The average molecular weight is 386 g/mol. The monoisotopic (exact) mass is 385 g/mol. The first kappa shape index (κ1) is 17.8. The summed E-state index contributed by atoms with van der Waals surface area (Å²) in [6.07, 6.45) is -0.169. The lowest BCUT2D eigenvalue weighted by Crippen LogP contribution is -2.43. The molecule has 2 N–H and O–H groups in total. The summed E-state index contributed by atoms with van der Waals surface area (Å²) in [5, 5.41) is 0. The van der Waals surface area contributed by atoms with Gasteiger partial charge in [-0.25, -0.2) is 18.8 Å². The first-order valence-corrected chi connectivity index (χ1v) is 8.54. The molecule has 9 heteroatoms. The number of rotatable bonds is 4. The molecule has 0 saturated heterocycles. The van der Waals surface area contributed by atoms with E-state index in [9.17, 15) is 13.6 Å². The Balaban J connectivity index is 1.93. The van der Waals surface area contributed by atoms with Gasteiger partial charge in [-0.3, -0.25) is 4.79 Å². The van der Waals surface area contributed by atoms with E-state index in [1.54, 1.807) is 0 Å². The number of aliphatic imine (C=N–C) groups is 1. The normalized spacial score (nSPS) is 23.0. The van der Waals surface area contributed by atoms with E-state index < -0.39 is 17.5 Å². The van der Waals surface area contributed by atoms with Crippen LogP contribution in [0.5, 0.6) is 0 Å². The van der Waals surface area contributed by atoms with Crippen molar-refractivity contribution >= 4 is 34.7 Å². The number of hydrogen-bond donors (Lipinski definition) is 1. The summed E-state index contributed by atoms with van der Waals surface area (Å²) in [5.41, 5.74) is 4.56. The summed E-state index contributed by atoms with van der Waals surface area (Å²) in [6, 6.07) is 3.90. The van der Waals surface area contributed by atoms with Crippen LogP contribution in [-0.2, 0) is 16.7 Å². The molecule has 0 aliphatic carbocycles. The molecule has 0 bridgehead atoms. The predicted molar refractivity (Wildman–Crippen MR) is 91.4 cm³/mol. The Hall–Kier alpha value is -2.06. The Morgan fingerprint density at radius 3 is 3.00 bits per heavy atom. The van der Waals surface area contributed by atoms with Crippen LogP contribution in [0.1, 0.15) is 27.7 Å². The molecular formula is C16H14ClF2N3O2S. The van der Waals surface area contributed by atoms with Crippen LogP contribution in [0.15, 0.2) is 29.4 Å². The van der Waals surface area contributed by atoms with Crippen LogP contribution in [-0.4, -0.2) is 29.6 Å². The molecule has 0 amide bonds. The van der Waals surface area contributed by atoms with Gasteiger partial charge in [0.2, 0.25) is 0 Å². The number of amidine groups is 1. The molecule has 1 aromatic carbocycles. The van der Waals surface area contributed by atoms with E-state index in [2.05, 4.69) is 9.98 Å².